The molecule has 0 fully saturated rings. The molecule has 0 aliphatic heterocycles. The molecule has 0 aliphatic carbocycles. The van der Waals surface area contributed by atoms with Crippen LogP contribution in [0.4, 0.5) is 0 Å². The molecule has 0 bridgehead atoms. The van der Waals surface area contributed by atoms with Crippen LogP contribution in [0.2, 0.25) is 0 Å². The molecule has 3 aromatic heterocycles. The van der Waals surface area contributed by atoms with E-state index in [9.17, 15) is 9.59 Å². The quantitative estimate of drug-likeness (QED) is 0.453. The number of carbonyl (C=O) groups is 1. The number of H-pyrrole nitrogens is 1. The number of hydrogen-bond donors (Lipinski definition) is 1. The third-order valence-corrected chi connectivity index (χ3v) is 6.77. The smallest absolute Gasteiger partial charge is 0.268 e. The van der Waals surface area contributed by atoms with Crippen molar-refractivity contribution in [1.82, 2.24) is 20.0 Å². The minimum absolute atomic E-state index is 0.134. The summed E-state index contributed by atoms with van der Waals surface area (Å²) >= 11 is 2.92. The summed E-state index contributed by atoms with van der Waals surface area (Å²) in [7, 11) is 1.70. The maximum absolute atomic E-state index is 13.1. The fraction of sp³-hybridized carbons (Fsp3) is 0.238. The minimum Gasteiger partial charge on any atom is -0.361 e. The fourth-order valence-corrected chi connectivity index (χ4v) is 5.05. The molecule has 3 heterocycles. The van der Waals surface area contributed by atoms with Crippen molar-refractivity contribution in [2.24, 2.45) is 0 Å². The van der Waals surface area contributed by atoms with Gasteiger partial charge in [0.1, 0.15) is 16.3 Å². The molecule has 7 nitrogen and oxygen atoms in total. The van der Waals surface area contributed by atoms with E-state index in [1.54, 1.807) is 29.8 Å². The minimum atomic E-state index is -0.179. The molecule has 4 aromatic rings. The summed E-state index contributed by atoms with van der Waals surface area (Å²) in [6, 6.07) is 9.31. The molecule has 0 spiro atoms. The number of aryl methyl sites for hydroxylation is 2. The third kappa shape index (κ3) is 4.03. The van der Waals surface area contributed by atoms with Crippen molar-refractivity contribution < 1.29 is 9.32 Å². The van der Waals surface area contributed by atoms with Gasteiger partial charge in [0.25, 0.3) is 11.5 Å². The maximum atomic E-state index is 13.1. The zero-order valence-corrected chi connectivity index (χ0v) is 18.4. The second kappa shape index (κ2) is 8.45. The molecular formula is C21H20N4O3S2. The van der Waals surface area contributed by atoms with E-state index in [1.165, 1.54) is 11.3 Å². The Morgan fingerprint density at radius 2 is 2.07 bits per heavy atom. The van der Waals surface area contributed by atoms with E-state index in [0.29, 0.717) is 27.4 Å². The van der Waals surface area contributed by atoms with Gasteiger partial charge in [-0.15, -0.1) is 23.1 Å². The Balaban J connectivity index is 1.53. The van der Waals surface area contributed by atoms with Gasteiger partial charge in [-0.25, -0.2) is 4.98 Å². The lowest BCUT2D eigenvalue weighted by Crippen LogP contribution is -2.28. The van der Waals surface area contributed by atoms with Crippen LogP contribution in [0.3, 0.4) is 0 Å². The SMILES string of the molecule is Cc1noc(C)c1CSc1ccccc1C(=O)N(C)Cc1nc2ccsc2c(=O)[nH]1. The Morgan fingerprint density at radius 1 is 1.27 bits per heavy atom. The van der Waals surface area contributed by atoms with Crippen molar-refractivity contribution in [3.63, 3.8) is 0 Å². The van der Waals surface area contributed by atoms with Gasteiger partial charge in [-0.3, -0.25) is 9.59 Å². The molecule has 154 valence electrons. The molecule has 1 N–H and O–H groups in total. The molecule has 0 saturated carbocycles. The summed E-state index contributed by atoms with van der Waals surface area (Å²) in [6.45, 7) is 4.01. The van der Waals surface area contributed by atoms with Gasteiger partial charge in [-0.1, -0.05) is 17.3 Å². The van der Waals surface area contributed by atoms with Gasteiger partial charge < -0.3 is 14.4 Å². The van der Waals surface area contributed by atoms with Crippen LogP contribution in [0.5, 0.6) is 0 Å². The topological polar surface area (TPSA) is 92.1 Å². The van der Waals surface area contributed by atoms with E-state index in [1.807, 2.05) is 43.5 Å². The van der Waals surface area contributed by atoms with Crippen molar-refractivity contribution in [3.05, 3.63) is 74.5 Å². The number of aromatic amines is 1. The van der Waals surface area contributed by atoms with Gasteiger partial charge in [0.05, 0.1) is 23.3 Å². The Hall–Kier alpha value is -2.91. The molecular weight excluding hydrogens is 420 g/mol. The molecule has 1 aromatic carbocycles. The molecule has 0 unspecified atom stereocenters. The first-order valence-corrected chi connectivity index (χ1v) is 11.2. The number of nitrogens with zero attached hydrogens (tertiary/aromatic N) is 3. The van der Waals surface area contributed by atoms with E-state index in [4.69, 9.17) is 4.52 Å². The normalized spacial score (nSPS) is 11.2. The zero-order chi connectivity index (χ0) is 21.3. The van der Waals surface area contributed by atoms with Crippen molar-refractivity contribution >= 4 is 39.2 Å². The number of aromatic nitrogens is 3. The lowest BCUT2D eigenvalue weighted by molar-refractivity contribution is 0.0778. The molecule has 9 heteroatoms. The van der Waals surface area contributed by atoms with Gasteiger partial charge in [-0.05, 0) is 37.4 Å². The molecule has 1 amide bonds. The number of thiophene rings is 1. The summed E-state index contributed by atoms with van der Waals surface area (Å²) in [5, 5.41) is 5.82. The van der Waals surface area contributed by atoms with E-state index in [2.05, 4.69) is 15.1 Å². The highest BCUT2D eigenvalue weighted by molar-refractivity contribution is 7.98. The van der Waals surface area contributed by atoms with Crippen molar-refractivity contribution in [2.75, 3.05) is 7.05 Å². The first-order chi connectivity index (χ1) is 14.4. The highest BCUT2D eigenvalue weighted by Crippen LogP contribution is 2.29. The Morgan fingerprint density at radius 3 is 2.83 bits per heavy atom. The molecule has 4 rings (SSSR count). The first-order valence-electron chi connectivity index (χ1n) is 9.29. The highest BCUT2D eigenvalue weighted by Gasteiger charge is 2.18. The Labute approximate surface area is 181 Å². The number of thioether (sulfide) groups is 1. The predicted octanol–water partition coefficient (Wildman–Crippen LogP) is 4.15. The summed E-state index contributed by atoms with van der Waals surface area (Å²) in [4.78, 5) is 35.0. The number of hydrogen-bond acceptors (Lipinski definition) is 7. The largest absolute Gasteiger partial charge is 0.361 e. The summed E-state index contributed by atoms with van der Waals surface area (Å²) in [5.74, 6) is 1.78. The van der Waals surface area contributed by atoms with Gasteiger partial charge in [0.2, 0.25) is 0 Å². The van der Waals surface area contributed by atoms with Crippen molar-refractivity contribution in [2.45, 2.75) is 31.0 Å². The molecule has 0 aliphatic rings. The van der Waals surface area contributed by atoms with Crippen LogP contribution in [0, 0.1) is 13.8 Å². The van der Waals surface area contributed by atoms with Crippen LogP contribution >= 0.6 is 23.1 Å². The first kappa shape index (κ1) is 20.4. The molecule has 0 atom stereocenters. The van der Waals surface area contributed by atoms with Crippen LogP contribution in [-0.4, -0.2) is 33.0 Å². The van der Waals surface area contributed by atoms with Crippen LogP contribution in [0.15, 0.2) is 49.9 Å². The Kier molecular flexibility index (Phi) is 5.74. The van der Waals surface area contributed by atoms with E-state index in [-0.39, 0.29) is 18.0 Å². The molecule has 0 saturated heterocycles. The number of carbonyl (C=O) groups excluding carboxylic acids is 1. The van der Waals surface area contributed by atoms with Crippen LogP contribution in [-0.2, 0) is 12.3 Å². The third-order valence-electron chi connectivity index (χ3n) is 4.77. The Bertz CT molecular complexity index is 1260. The monoisotopic (exact) mass is 440 g/mol. The average Bonchev–Trinajstić information content (AvgIpc) is 3.33. The standard InChI is InChI=1S/C21H20N4O3S2/c1-12-15(13(2)28-24-12)11-30-17-7-5-4-6-14(17)21(27)25(3)10-18-22-16-8-9-29-19(16)20(26)23-18/h4-9H,10-11H2,1-3H3,(H,22,23,26). The summed E-state index contributed by atoms with van der Waals surface area (Å²) in [5.41, 5.74) is 2.98. The van der Waals surface area contributed by atoms with Crippen LogP contribution < -0.4 is 5.56 Å². The fourth-order valence-electron chi connectivity index (χ4n) is 3.13. The van der Waals surface area contributed by atoms with E-state index >= 15 is 0 Å². The zero-order valence-electron chi connectivity index (χ0n) is 16.8. The van der Waals surface area contributed by atoms with Gasteiger partial charge in [0.15, 0.2) is 0 Å². The maximum Gasteiger partial charge on any atom is 0.268 e. The molecule has 0 radical (unpaired) electrons. The van der Waals surface area contributed by atoms with Crippen LogP contribution in [0.25, 0.3) is 10.2 Å². The summed E-state index contributed by atoms with van der Waals surface area (Å²) < 4.78 is 5.82. The lowest BCUT2D eigenvalue weighted by atomic mass is 10.2. The lowest BCUT2D eigenvalue weighted by Gasteiger charge is -2.18. The predicted molar refractivity (Wildman–Crippen MR) is 118 cm³/mol. The second-order valence-electron chi connectivity index (χ2n) is 6.90. The number of benzene rings is 1. The van der Waals surface area contributed by atoms with E-state index in [0.717, 1.165) is 21.9 Å². The molecule has 30 heavy (non-hydrogen) atoms. The number of amides is 1. The highest BCUT2D eigenvalue weighted by atomic mass is 32.2. The average molecular weight is 441 g/mol. The van der Waals surface area contributed by atoms with Gasteiger partial charge in [0, 0.05) is 23.3 Å². The number of fused-ring (bicyclic) bond motifs is 1. The number of rotatable bonds is 6. The summed E-state index contributed by atoms with van der Waals surface area (Å²) in [6.07, 6.45) is 0. The second-order valence-corrected chi connectivity index (χ2v) is 8.83. The van der Waals surface area contributed by atoms with Crippen molar-refractivity contribution in [3.8, 4) is 0 Å². The van der Waals surface area contributed by atoms with Gasteiger partial charge >= 0.3 is 0 Å². The van der Waals surface area contributed by atoms with Gasteiger partial charge in [-0.2, -0.15) is 0 Å². The van der Waals surface area contributed by atoms with Crippen molar-refractivity contribution in [1.29, 1.82) is 0 Å². The van der Waals surface area contributed by atoms with E-state index < -0.39 is 0 Å². The number of nitrogens with one attached hydrogen (secondary N) is 1. The van der Waals surface area contributed by atoms with Crippen LogP contribution in [0.1, 0.15) is 33.2 Å².